The van der Waals surface area contributed by atoms with Gasteiger partial charge in [-0.25, -0.2) is 0 Å². The van der Waals surface area contributed by atoms with Gasteiger partial charge in [0.1, 0.15) is 0 Å². The van der Waals surface area contributed by atoms with Crippen LogP contribution in [-0.4, -0.2) is 42.5 Å². The fourth-order valence-corrected chi connectivity index (χ4v) is 4.70. The highest BCUT2D eigenvalue weighted by Crippen LogP contribution is 2.35. The van der Waals surface area contributed by atoms with Gasteiger partial charge in [0.05, 0.1) is 11.8 Å². The van der Waals surface area contributed by atoms with Crippen molar-refractivity contribution in [3.05, 3.63) is 53.1 Å². The smallest absolute Gasteiger partial charge is 0.372 e. The number of nitrogens with two attached hydrogens (primary N) is 1. The lowest BCUT2D eigenvalue weighted by Gasteiger charge is -2.34. The molecule has 2 saturated heterocycles. The van der Waals surface area contributed by atoms with E-state index in [2.05, 4.69) is 5.32 Å². The molecule has 2 aliphatic heterocycles. The number of halogens is 4. The van der Waals surface area contributed by atoms with E-state index in [-0.39, 0.29) is 25.2 Å². The van der Waals surface area contributed by atoms with Crippen molar-refractivity contribution in [2.24, 2.45) is 17.6 Å². The monoisotopic (exact) mass is 494 g/mol. The molecule has 1 atom stereocenters. The zero-order valence-corrected chi connectivity index (χ0v) is 19.2. The number of piperidine rings is 1. The lowest BCUT2D eigenvalue weighted by atomic mass is 9.96. The van der Waals surface area contributed by atoms with Crippen molar-refractivity contribution >= 4 is 40.5 Å². The number of rotatable bonds is 6. The van der Waals surface area contributed by atoms with Crippen LogP contribution in [0.2, 0.25) is 5.02 Å². The molecular formula is C24H26ClF3N4O2. The minimum Gasteiger partial charge on any atom is -0.372 e. The van der Waals surface area contributed by atoms with Crippen LogP contribution < -0.4 is 16.0 Å². The van der Waals surface area contributed by atoms with Crippen LogP contribution in [0.1, 0.15) is 24.8 Å². The van der Waals surface area contributed by atoms with E-state index >= 15 is 0 Å². The molecule has 0 radical (unpaired) electrons. The average molecular weight is 495 g/mol. The second-order valence-electron chi connectivity index (χ2n) is 8.86. The van der Waals surface area contributed by atoms with E-state index in [1.54, 1.807) is 11.0 Å². The van der Waals surface area contributed by atoms with E-state index in [9.17, 15) is 22.8 Å². The molecule has 1 unspecified atom stereocenters. The zero-order chi connectivity index (χ0) is 24.5. The molecule has 4 rings (SSSR count). The van der Waals surface area contributed by atoms with Crippen LogP contribution in [0.5, 0.6) is 0 Å². The number of likely N-dealkylation sites (tertiary alicyclic amines) is 1. The van der Waals surface area contributed by atoms with Crippen LogP contribution in [0.4, 0.5) is 30.2 Å². The van der Waals surface area contributed by atoms with Gasteiger partial charge >= 0.3 is 6.18 Å². The number of primary amides is 1. The van der Waals surface area contributed by atoms with Crippen LogP contribution in [0, 0.1) is 11.8 Å². The van der Waals surface area contributed by atoms with Crippen LogP contribution in [0.15, 0.2) is 42.5 Å². The minimum atomic E-state index is -4.12. The van der Waals surface area contributed by atoms with Crippen LogP contribution >= 0.6 is 11.6 Å². The highest BCUT2D eigenvalue weighted by Gasteiger charge is 2.41. The van der Waals surface area contributed by atoms with Gasteiger partial charge < -0.3 is 20.9 Å². The molecule has 10 heteroatoms. The number of alkyl halides is 3. The molecule has 2 heterocycles. The second kappa shape index (κ2) is 9.74. The van der Waals surface area contributed by atoms with Crippen molar-refractivity contribution in [1.29, 1.82) is 0 Å². The van der Waals surface area contributed by atoms with Gasteiger partial charge in [0, 0.05) is 54.7 Å². The number of carbonyl (C=O) groups is 2. The molecule has 2 aromatic rings. The molecule has 2 aliphatic rings. The number of nitrogens with one attached hydrogen (secondary N) is 1. The number of benzene rings is 2. The Kier molecular flexibility index (Phi) is 6.93. The van der Waals surface area contributed by atoms with Gasteiger partial charge in [-0.05, 0) is 54.8 Å². The van der Waals surface area contributed by atoms with E-state index in [0.29, 0.717) is 31.2 Å². The summed E-state index contributed by atoms with van der Waals surface area (Å²) < 4.78 is 38.6. The summed E-state index contributed by atoms with van der Waals surface area (Å²) in [6.45, 7) is 1.37. The van der Waals surface area contributed by atoms with E-state index in [1.807, 2.05) is 41.3 Å². The summed E-state index contributed by atoms with van der Waals surface area (Å²) in [7, 11) is 0. The molecule has 0 bridgehead atoms. The fourth-order valence-electron chi connectivity index (χ4n) is 4.46. The number of amides is 2. The first kappa shape index (κ1) is 24.2. The maximum absolute atomic E-state index is 12.9. The lowest BCUT2D eigenvalue weighted by molar-refractivity contribution is -0.179. The van der Waals surface area contributed by atoms with Gasteiger partial charge in [0.15, 0.2) is 0 Å². The lowest BCUT2D eigenvalue weighted by Crippen LogP contribution is -2.38. The van der Waals surface area contributed by atoms with E-state index in [1.165, 1.54) is 0 Å². The molecule has 6 nitrogen and oxygen atoms in total. The van der Waals surface area contributed by atoms with Gasteiger partial charge in [-0.3, -0.25) is 9.59 Å². The molecule has 34 heavy (non-hydrogen) atoms. The van der Waals surface area contributed by atoms with Crippen molar-refractivity contribution in [3.63, 3.8) is 0 Å². The summed E-state index contributed by atoms with van der Waals surface area (Å²) >= 11 is 6.43. The SMILES string of the molecule is NC(=O)C1CC(=O)N(Cc2ccc(Nc3ccc(N4CCC(C(F)(F)F)CC4)cc3)cc2Cl)C1. The Labute approximate surface area is 200 Å². The Hall–Kier alpha value is -2.94. The highest BCUT2D eigenvalue weighted by molar-refractivity contribution is 6.31. The number of anilines is 3. The van der Waals surface area contributed by atoms with Gasteiger partial charge in [-0.15, -0.1) is 0 Å². The van der Waals surface area contributed by atoms with E-state index in [4.69, 9.17) is 17.3 Å². The van der Waals surface area contributed by atoms with Crippen molar-refractivity contribution in [3.8, 4) is 0 Å². The quantitative estimate of drug-likeness (QED) is 0.610. The summed E-state index contributed by atoms with van der Waals surface area (Å²) in [4.78, 5) is 27.0. The van der Waals surface area contributed by atoms with E-state index in [0.717, 1.165) is 22.6 Å². The van der Waals surface area contributed by atoms with Crippen LogP contribution in [0.3, 0.4) is 0 Å². The molecule has 0 saturated carbocycles. The maximum Gasteiger partial charge on any atom is 0.391 e. The van der Waals surface area contributed by atoms with Gasteiger partial charge in [0.25, 0.3) is 0 Å². The normalized spacial score (nSPS) is 19.5. The summed E-state index contributed by atoms with van der Waals surface area (Å²) in [5.74, 6) is -2.28. The van der Waals surface area contributed by atoms with Crippen molar-refractivity contribution in [2.75, 3.05) is 29.9 Å². The Morgan fingerprint density at radius 1 is 1.09 bits per heavy atom. The molecule has 2 fully saturated rings. The molecule has 182 valence electrons. The van der Waals surface area contributed by atoms with Gasteiger partial charge in [-0.1, -0.05) is 17.7 Å². The molecule has 2 aromatic carbocycles. The summed E-state index contributed by atoms with van der Waals surface area (Å²) in [6.07, 6.45) is -3.77. The molecule has 2 amide bonds. The first-order valence-corrected chi connectivity index (χ1v) is 11.5. The predicted molar refractivity (Wildman–Crippen MR) is 125 cm³/mol. The maximum atomic E-state index is 12.9. The van der Waals surface area contributed by atoms with Gasteiger partial charge in [-0.2, -0.15) is 13.2 Å². The number of nitrogens with zero attached hydrogens (tertiary/aromatic N) is 2. The minimum absolute atomic E-state index is 0.112. The molecule has 3 N–H and O–H groups in total. The molecule has 0 aliphatic carbocycles. The van der Waals surface area contributed by atoms with Crippen LogP contribution in [-0.2, 0) is 16.1 Å². The van der Waals surface area contributed by atoms with E-state index < -0.39 is 23.9 Å². The van der Waals surface area contributed by atoms with Crippen LogP contribution in [0.25, 0.3) is 0 Å². The predicted octanol–water partition coefficient (Wildman–Crippen LogP) is 4.70. The summed E-state index contributed by atoms with van der Waals surface area (Å²) in [5, 5.41) is 3.75. The number of hydrogen-bond donors (Lipinski definition) is 2. The standard InChI is InChI=1S/C24H26ClF3N4O2/c25-21-12-19(2-1-15(21)13-32-14-16(23(29)34)11-22(32)33)30-18-3-5-20(6-4-18)31-9-7-17(8-10-31)24(26,27)28/h1-6,12,16-17,30H,7-11,13-14H2,(H2,29,34). The highest BCUT2D eigenvalue weighted by atomic mass is 35.5. The molecule has 0 spiro atoms. The Morgan fingerprint density at radius 3 is 2.29 bits per heavy atom. The zero-order valence-electron chi connectivity index (χ0n) is 18.4. The third-order valence-electron chi connectivity index (χ3n) is 6.51. The topological polar surface area (TPSA) is 78.7 Å². The average Bonchev–Trinajstić information content (AvgIpc) is 3.16. The Bertz CT molecular complexity index is 1050. The second-order valence-corrected chi connectivity index (χ2v) is 9.27. The van der Waals surface area contributed by atoms with Crippen molar-refractivity contribution in [1.82, 2.24) is 4.90 Å². The van der Waals surface area contributed by atoms with Crippen molar-refractivity contribution < 1.29 is 22.8 Å². The summed E-state index contributed by atoms with van der Waals surface area (Å²) in [5.41, 5.74) is 8.55. The third kappa shape index (κ3) is 5.58. The first-order valence-electron chi connectivity index (χ1n) is 11.1. The molecule has 0 aromatic heterocycles. The number of carbonyl (C=O) groups excluding carboxylic acids is 2. The fraction of sp³-hybridized carbons (Fsp3) is 0.417. The Morgan fingerprint density at radius 2 is 1.74 bits per heavy atom. The number of hydrogen-bond acceptors (Lipinski definition) is 4. The third-order valence-corrected chi connectivity index (χ3v) is 6.86. The van der Waals surface area contributed by atoms with Gasteiger partial charge in [0.2, 0.25) is 11.8 Å². The largest absolute Gasteiger partial charge is 0.391 e. The molecular weight excluding hydrogens is 469 g/mol. The first-order chi connectivity index (χ1) is 16.1. The summed E-state index contributed by atoms with van der Waals surface area (Å²) in [6, 6.07) is 13.0. The van der Waals surface area contributed by atoms with Crippen molar-refractivity contribution in [2.45, 2.75) is 32.0 Å². The Balaban J connectivity index is 1.34.